The van der Waals surface area contributed by atoms with Crippen LogP contribution in [0.2, 0.25) is 0 Å². The minimum absolute atomic E-state index is 0.0785. The smallest absolute Gasteiger partial charge is 0.336 e. The number of benzene rings is 1. The molecule has 1 rings (SSSR count). The van der Waals surface area contributed by atoms with Crippen molar-refractivity contribution < 1.29 is 19.4 Å². The predicted molar refractivity (Wildman–Crippen MR) is 79.2 cm³/mol. The van der Waals surface area contributed by atoms with Crippen LogP contribution in [0.15, 0.2) is 22.7 Å². The number of rotatable bonds is 6. The molecule has 0 aliphatic carbocycles. The summed E-state index contributed by atoms with van der Waals surface area (Å²) in [5.41, 5.74) is 0.498. The number of amides is 2. The summed E-state index contributed by atoms with van der Waals surface area (Å²) in [5.74, 6) is -1.06. The van der Waals surface area contributed by atoms with Crippen LogP contribution in [0.3, 0.4) is 0 Å². The number of carboxylic acid groups (broad SMARTS) is 1. The summed E-state index contributed by atoms with van der Waals surface area (Å²) in [5, 5.41) is 14.2. The SMILES string of the molecule is CCOC(C)CNC(=O)Nc1ccc(Br)c(C(=O)O)c1. The molecule has 6 nitrogen and oxygen atoms in total. The summed E-state index contributed by atoms with van der Waals surface area (Å²) in [7, 11) is 0. The summed E-state index contributed by atoms with van der Waals surface area (Å²) >= 11 is 3.14. The lowest BCUT2D eigenvalue weighted by Crippen LogP contribution is -2.35. The summed E-state index contributed by atoms with van der Waals surface area (Å²) in [6, 6.07) is 4.16. The van der Waals surface area contributed by atoms with Crippen LogP contribution in [-0.4, -0.2) is 36.4 Å². The number of halogens is 1. The van der Waals surface area contributed by atoms with Crippen LogP contribution in [0.5, 0.6) is 0 Å². The van der Waals surface area contributed by atoms with Gasteiger partial charge in [-0.05, 0) is 48.0 Å². The number of aromatic carboxylic acids is 1. The fraction of sp³-hybridized carbons (Fsp3) is 0.385. The molecule has 2 amide bonds. The van der Waals surface area contributed by atoms with Crippen molar-refractivity contribution in [1.29, 1.82) is 0 Å². The first-order valence-electron chi connectivity index (χ1n) is 6.13. The average Bonchev–Trinajstić information content (AvgIpc) is 2.39. The molecule has 0 saturated carbocycles. The van der Waals surface area contributed by atoms with E-state index in [1.165, 1.54) is 6.07 Å². The van der Waals surface area contributed by atoms with E-state index >= 15 is 0 Å². The fourth-order valence-electron chi connectivity index (χ4n) is 1.52. The normalized spacial score (nSPS) is 11.8. The van der Waals surface area contributed by atoms with Gasteiger partial charge in [-0.15, -0.1) is 0 Å². The molecular formula is C13H17BrN2O4. The van der Waals surface area contributed by atoms with Gasteiger partial charge in [-0.1, -0.05) is 0 Å². The zero-order chi connectivity index (χ0) is 15.1. The Morgan fingerprint density at radius 1 is 1.45 bits per heavy atom. The Morgan fingerprint density at radius 2 is 2.15 bits per heavy atom. The number of nitrogens with one attached hydrogen (secondary N) is 2. The highest BCUT2D eigenvalue weighted by atomic mass is 79.9. The third kappa shape index (κ3) is 5.18. The van der Waals surface area contributed by atoms with Gasteiger partial charge in [-0.3, -0.25) is 0 Å². The first-order chi connectivity index (χ1) is 9.43. The van der Waals surface area contributed by atoms with Gasteiger partial charge in [0, 0.05) is 23.3 Å². The standard InChI is InChI=1S/C13H17BrN2O4/c1-3-20-8(2)7-15-13(19)16-9-4-5-11(14)10(6-9)12(17)18/h4-6,8H,3,7H2,1-2H3,(H,17,18)(H2,15,16,19). The molecule has 1 aromatic carbocycles. The van der Waals surface area contributed by atoms with E-state index in [2.05, 4.69) is 26.6 Å². The summed E-state index contributed by atoms with van der Waals surface area (Å²) in [6.45, 7) is 4.69. The summed E-state index contributed by atoms with van der Waals surface area (Å²) < 4.78 is 5.74. The topological polar surface area (TPSA) is 87.7 Å². The van der Waals surface area contributed by atoms with Crippen LogP contribution in [0.4, 0.5) is 10.5 Å². The lowest BCUT2D eigenvalue weighted by molar-refractivity contribution is 0.0696. The van der Waals surface area contributed by atoms with Crippen LogP contribution >= 0.6 is 15.9 Å². The van der Waals surface area contributed by atoms with Gasteiger partial charge in [-0.25, -0.2) is 9.59 Å². The molecule has 20 heavy (non-hydrogen) atoms. The van der Waals surface area contributed by atoms with E-state index in [0.29, 0.717) is 23.3 Å². The number of urea groups is 1. The molecule has 7 heteroatoms. The van der Waals surface area contributed by atoms with E-state index in [1.807, 2.05) is 13.8 Å². The molecule has 3 N–H and O–H groups in total. The van der Waals surface area contributed by atoms with Crippen LogP contribution in [-0.2, 0) is 4.74 Å². The first-order valence-corrected chi connectivity index (χ1v) is 6.92. The van der Waals surface area contributed by atoms with Crippen molar-refractivity contribution in [3.63, 3.8) is 0 Å². The second-order valence-electron chi connectivity index (χ2n) is 4.10. The number of hydrogen-bond donors (Lipinski definition) is 3. The maximum Gasteiger partial charge on any atom is 0.336 e. The molecule has 0 saturated heterocycles. The summed E-state index contributed by atoms with van der Waals surface area (Å²) in [6.07, 6.45) is -0.0785. The van der Waals surface area contributed by atoms with E-state index in [1.54, 1.807) is 12.1 Å². The average molecular weight is 345 g/mol. The molecule has 0 fully saturated rings. The van der Waals surface area contributed by atoms with Gasteiger partial charge in [-0.2, -0.15) is 0 Å². The molecule has 0 aliphatic heterocycles. The van der Waals surface area contributed by atoms with Crippen molar-refractivity contribution in [3.8, 4) is 0 Å². The molecule has 110 valence electrons. The Hall–Kier alpha value is -1.60. The number of carboxylic acids is 1. The quantitative estimate of drug-likeness (QED) is 0.740. The molecule has 1 aromatic rings. The lowest BCUT2D eigenvalue weighted by atomic mass is 10.2. The highest BCUT2D eigenvalue weighted by Gasteiger charge is 2.11. The molecule has 0 aromatic heterocycles. The monoisotopic (exact) mass is 344 g/mol. The highest BCUT2D eigenvalue weighted by molar-refractivity contribution is 9.10. The molecular weight excluding hydrogens is 328 g/mol. The number of carbonyl (C=O) groups excluding carboxylic acids is 1. The van der Waals surface area contributed by atoms with Crippen LogP contribution in [0.25, 0.3) is 0 Å². The Bertz CT molecular complexity index is 493. The van der Waals surface area contributed by atoms with Crippen molar-refractivity contribution in [2.45, 2.75) is 20.0 Å². The van der Waals surface area contributed by atoms with E-state index in [0.717, 1.165) is 0 Å². The van der Waals surface area contributed by atoms with E-state index in [9.17, 15) is 9.59 Å². The highest BCUT2D eigenvalue weighted by Crippen LogP contribution is 2.21. The number of ether oxygens (including phenoxy) is 1. The van der Waals surface area contributed by atoms with Gasteiger partial charge in [0.2, 0.25) is 0 Å². The molecule has 0 bridgehead atoms. The Morgan fingerprint density at radius 3 is 2.75 bits per heavy atom. The van der Waals surface area contributed by atoms with Gasteiger partial charge in [0.15, 0.2) is 0 Å². The van der Waals surface area contributed by atoms with Gasteiger partial charge < -0.3 is 20.5 Å². The Balaban J connectivity index is 2.58. The zero-order valence-corrected chi connectivity index (χ0v) is 12.9. The van der Waals surface area contributed by atoms with Crippen LogP contribution in [0.1, 0.15) is 24.2 Å². The Kier molecular flexibility index (Phi) is 6.47. The minimum atomic E-state index is -1.06. The molecule has 1 unspecified atom stereocenters. The molecule has 0 radical (unpaired) electrons. The molecule has 0 aliphatic rings. The predicted octanol–water partition coefficient (Wildman–Crippen LogP) is 2.69. The van der Waals surface area contributed by atoms with Gasteiger partial charge >= 0.3 is 12.0 Å². The third-order valence-corrected chi connectivity index (χ3v) is 3.15. The van der Waals surface area contributed by atoms with Crippen molar-refractivity contribution in [1.82, 2.24) is 5.32 Å². The number of hydrogen-bond acceptors (Lipinski definition) is 3. The second-order valence-corrected chi connectivity index (χ2v) is 4.96. The van der Waals surface area contributed by atoms with Crippen molar-refractivity contribution in [2.75, 3.05) is 18.5 Å². The van der Waals surface area contributed by atoms with Crippen LogP contribution in [0, 0.1) is 0 Å². The lowest BCUT2D eigenvalue weighted by Gasteiger charge is -2.13. The molecule has 0 heterocycles. The molecule has 1 atom stereocenters. The van der Waals surface area contributed by atoms with Crippen molar-refractivity contribution >= 4 is 33.6 Å². The van der Waals surface area contributed by atoms with E-state index in [4.69, 9.17) is 9.84 Å². The first kappa shape index (κ1) is 16.5. The van der Waals surface area contributed by atoms with Gasteiger partial charge in [0.05, 0.1) is 11.7 Å². The second kappa shape index (κ2) is 7.86. The van der Waals surface area contributed by atoms with Gasteiger partial charge in [0.25, 0.3) is 0 Å². The van der Waals surface area contributed by atoms with Crippen LogP contribution < -0.4 is 10.6 Å². The number of carbonyl (C=O) groups is 2. The largest absolute Gasteiger partial charge is 0.478 e. The van der Waals surface area contributed by atoms with Crippen molar-refractivity contribution in [2.24, 2.45) is 0 Å². The maximum absolute atomic E-state index is 11.7. The van der Waals surface area contributed by atoms with E-state index < -0.39 is 12.0 Å². The zero-order valence-electron chi connectivity index (χ0n) is 11.3. The maximum atomic E-state index is 11.7. The molecule has 0 spiro atoms. The van der Waals surface area contributed by atoms with E-state index in [-0.39, 0.29) is 11.7 Å². The summed E-state index contributed by atoms with van der Waals surface area (Å²) in [4.78, 5) is 22.6. The minimum Gasteiger partial charge on any atom is -0.478 e. The third-order valence-electron chi connectivity index (χ3n) is 2.46. The Labute approximate surface area is 125 Å². The number of anilines is 1. The van der Waals surface area contributed by atoms with Gasteiger partial charge in [0.1, 0.15) is 0 Å². The fourth-order valence-corrected chi connectivity index (χ4v) is 1.94. The van der Waals surface area contributed by atoms with Crippen molar-refractivity contribution in [3.05, 3.63) is 28.2 Å².